The van der Waals surface area contributed by atoms with Crippen molar-refractivity contribution in [3.8, 4) is 0 Å². The number of nitrogen functional groups attached to an aromatic ring is 1. The molecule has 0 saturated carbocycles. The Bertz CT molecular complexity index is 641. The predicted molar refractivity (Wildman–Crippen MR) is 77.1 cm³/mol. The van der Waals surface area contributed by atoms with E-state index in [1.54, 1.807) is 6.07 Å². The molecule has 0 fully saturated rings. The number of rotatable bonds is 3. The van der Waals surface area contributed by atoms with E-state index in [4.69, 9.17) is 34.0 Å². The predicted octanol–water partition coefficient (Wildman–Crippen LogP) is 3.86. The number of anilines is 1. The summed E-state index contributed by atoms with van der Waals surface area (Å²) < 4.78 is 0. The summed E-state index contributed by atoms with van der Waals surface area (Å²) in [5, 5.41) is 10.1. The van der Waals surface area contributed by atoms with E-state index in [0.717, 1.165) is 5.56 Å². The van der Waals surface area contributed by atoms with Gasteiger partial charge in [-0.25, -0.2) is 4.79 Å². The van der Waals surface area contributed by atoms with Crippen LogP contribution >= 0.6 is 23.2 Å². The molecule has 2 aromatic carbocycles. The van der Waals surface area contributed by atoms with Gasteiger partial charge in [-0.1, -0.05) is 41.4 Å². The Kier molecular flexibility index (Phi) is 3.98. The van der Waals surface area contributed by atoms with Crippen molar-refractivity contribution >= 4 is 34.9 Å². The van der Waals surface area contributed by atoms with E-state index in [0.29, 0.717) is 22.0 Å². The Morgan fingerprint density at radius 1 is 1.11 bits per heavy atom. The van der Waals surface area contributed by atoms with Crippen LogP contribution in [0.2, 0.25) is 10.0 Å². The molecule has 0 amide bonds. The van der Waals surface area contributed by atoms with Crippen molar-refractivity contribution in [1.82, 2.24) is 0 Å². The lowest BCUT2D eigenvalue weighted by Gasteiger charge is -2.09. The first-order valence-corrected chi connectivity index (χ1v) is 6.29. The van der Waals surface area contributed by atoms with E-state index in [2.05, 4.69) is 0 Å². The van der Waals surface area contributed by atoms with E-state index < -0.39 is 5.97 Å². The average molecular weight is 296 g/mol. The van der Waals surface area contributed by atoms with Crippen LogP contribution in [0.3, 0.4) is 0 Å². The average Bonchev–Trinajstić information content (AvgIpc) is 2.34. The van der Waals surface area contributed by atoms with Crippen LogP contribution in [-0.2, 0) is 6.42 Å². The summed E-state index contributed by atoms with van der Waals surface area (Å²) >= 11 is 12.2. The normalized spacial score (nSPS) is 10.4. The molecule has 0 saturated heterocycles. The SMILES string of the molecule is Nc1cc(Cl)c(Cc2ccccc2Cl)cc1C(=O)O. The summed E-state index contributed by atoms with van der Waals surface area (Å²) in [7, 11) is 0. The highest BCUT2D eigenvalue weighted by Gasteiger charge is 2.13. The fourth-order valence-electron chi connectivity index (χ4n) is 1.80. The standard InChI is InChI=1S/C14H11Cl2NO2/c15-11-4-2-1-3-8(11)5-9-6-10(14(18)19)13(17)7-12(9)16/h1-4,6-7H,5,17H2,(H,18,19). The molecule has 0 spiro atoms. The highest BCUT2D eigenvalue weighted by molar-refractivity contribution is 6.32. The first-order chi connectivity index (χ1) is 8.99. The van der Waals surface area contributed by atoms with Crippen LogP contribution in [0.5, 0.6) is 0 Å². The maximum Gasteiger partial charge on any atom is 0.337 e. The van der Waals surface area contributed by atoms with Gasteiger partial charge in [-0.15, -0.1) is 0 Å². The third-order valence-corrected chi connectivity index (χ3v) is 3.51. The molecule has 0 heterocycles. The van der Waals surface area contributed by atoms with Gasteiger partial charge in [0.2, 0.25) is 0 Å². The summed E-state index contributed by atoms with van der Waals surface area (Å²) in [5.74, 6) is -1.07. The molecule has 3 nitrogen and oxygen atoms in total. The molecule has 0 bridgehead atoms. The van der Waals surface area contributed by atoms with Crippen molar-refractivity contribution in [3.05, 3.63) is 63.1 Å². The summed E-state index contributed by atoms with van der Waals surface area (Å²) in [4.78, 5) is 11.1. The Balaban J connectivity index is 2.43. The Morgan fingerprint density at radius 3 is 2.42 bits per heavy atom. The number of carboxylic acids is 1. The van der Waals surface area contributed by atoms with Gasteiger partial charge in [-0.3, -0.25) is 0 Å². The Labute approximate surface area is 120 Å². The smallest absolute Gasteiger partial charge is 0.337 e. The fourth-order valence-corrected chi connectivity index (χ4v) is 2.24. The molecule has 0 aliphatic rings. The van der Waals surface area contributed by atoms with Gasteiger partial charge in [-0.2, -0.15) is 0 Å². The van der Waals surface area contributed by atoms with Crippen LogP contribution in [0, 0.1) is 0 Å². The molecule has 0 radical (unpaired) electrons. The van der Waals surface area contributed by atoms with Crippen molar-refractivity contribution in [1.29, 1.82) is 0 Å². The number of hydrogen-bond acceptors (Lipinski definition) is 2. The molecule has 0 aliphatic carbocycles. The van der Waals surface area contributed by atoms with E-state index in [-0.39, 0.29) is 11.3 Å². The summed E-state index contributed by atoms with van der Waals surface area (Å²) in [6.07, 6.45) is 0.457. The molecule has 2 rings (SSSR count). The number of hydrogen-bond donors (Lipinski definition) is 2. The van der Waals surface area contributed by atoms with E-state index >= 15 is 0 Å². The third-order valence-electron chi connectivity index (χ3n) is 2.79. The monoisotopic (exact) mass is 295 g/mol. The minimum atomic E-state index is -1.07. The minimum Gasteiger partial charge on any atom is -0.478 e. The number of nitrogens with two attached hydrogens (primary N) is 1. The zero-order valence-corrected chi connectivity index (χ0v) is 11.4. The van der Waals surface area contributed by atoms with Gasteiger partial charge in [0.15, 0.2) is 0 Å². The molecule has 0 atom stereocenters. The molecule has 0 aromatic heterocycles. The van der Waals surface area contributed by atoms with Crippen molar-refractivity contribution in [2.24, 2.45) is 0 Å². The summed E-state index contributed by atoms with van der Waals surface area (Å²) in [5.41, 5.74) is 7.39. The highest BCUT2D eigenvalue weighted by atomic mass is 35.5. The Hall–Kier alpha value is -1.71. The first kappa shape index (κ1) is 13.7. The van der Waals surface area contributed by atoms with Gasteiger partial charge in [-0.05, 0) is 29.3 Å². The van der Waals surface area contributed by atoms with Crippen LogP contribution in [0.1, 0.15) is 21.5 Å². The maximum atomic E-state index is 11.1. The van der Waals surface area contributed by atoms with Gasteiger partial charge in [0.1, 0.15) is 0 Å². The molecule has 5 heteroatoms. The molecule has 3 N–H and O–H groups in total. The highest BCUT2D eigenvalue weighted by Crippen LogP contribution is 2.27. The van der Waals surface area contributed by atoms with Crippen LogP contribution in [-0.4, -0.2) is 11.1 Å². The second-order valence-electron chi connectivity index (χ2n) is 4.10. The molecular weight excluding hydrogens is 285 g/mol. The molecule has 0 unspecified atom stereocenters. The Morgan fingerprint density at radius 2 is 1.79 bits per heavy atom. The number of benzene rings is 2. The molecule has 98 valence electrons. The fraction of sp³-hybridized carbons (Fsp3) is 0.0714. The van der Waals surface area contributed by atoms with Crippen molar-refractivity contribution < 1.29 is 9.90 Å². The number of carbonyl (C=O) groups is 1. The van der Waals surface area contributed by atoms with Crippen LogP contribution < -0.4 is 5.73 Å². The zero-order chi connectivity index (χ0) is 14.0. The van der Waals surface area contributed by atoms with Crippen LogP contribution in [0.4, 0.5) is 5.69 Å². The molecule has 19 heavy (non-hydrogen) atoms. The van der Waals surface area contributed by atoms with E-state index in [1.807, 2.05) is 18.2 Å². The molecule has 0 aliphatic heterocycles. The number of halogens is 2. The third kappa shape index (κ3) is 3.00. The van der Waals surface area contributed by atoms with Crippen molar-refractivity contribution in [3.63, 3.8) is 0 Å². The van der Waals surface area contributed by atoms with E-state index in [9.17, 15) is 4.79 Å². The van der Waals surface area contributed by atoms with Crippen molar-refractivity contribution in [2.45, 2.75) is 6.42 Å². The lowest BCUT2D eigenvalue weighted by molar-refractivity contribution is 0.0698. The lowest BCUT2D eigenvalue weighted by Crippen LogP contribution is -2.04. The quantitative estimate of drug-likeness (QED) is 0.845. The summed E-state index contributed by atoms with van der Waals surface area (Å²) in [6, 6.07) is 10.3. The first-order valence-electron chi connectivity index (χ1n) is 5.53. The van der Waals surface area contributed by atoms with Gasteiger partial charge in [0, 0.05) is 22.2 Å². The zero-order valence-electron chi connectivity index (χ0n) is 9.86. The lowest BCUT2D eigenvalue weighted by atomic mass is 10.0. The van der Waals surface area contributed by atoms with Gasteiger partial charge < -0.3 is 10.8 Å². The minimum absolute atomic E-state index is 0.0476. The van der Waals surface area contributed by atoms with Gasteiger partial charge in [0.25, 0.3) is 0 Å². The second kappa shape index (κ2) is 5.51. The van der Waals surface area contributed by atoms with Crippen molar-refractivity contribution in [2.75, 3.05) is 5.73 Å². The number of aromatic carboxylic acids is 1. The van der Waals surface area contributed by atoms with Gasteiger partial charge >= 0.3 is 5.97 Å². The second-order valence-corrected chi connectivity index (χ2v) is 4.92. The maximum absolute atomic E-state index is 11.1. The van der Waals surface area contributed by atoms with Crippen LogP contribution in [0.25, 0.3) is 0 Å². The van der Waals surface area contributed by atoms with Crippen LogP contribution in [0.15, 0.2) is 36.4 Å². The molecule has 2 aromatic rings. The van der Waals surface area contributed by atoms with E-state index in [1.165, 1.54) is 12.1 Å². The summed E-state index contributed by atoms with van der Waals surface area (Å²) in [6.45, 7) is 0. The topological polar surface area (TPSA) is 63.3 Å². The largest absolute Gasteiger partial charge is 0.478 e. The van der Waals surface area contributed by atoms with Gasteiger partial charge in [0.05, 0.1) is 5.56 Å². The molecular formula is C14H11Cl2NO2. The number of carboxylic acid groups (broad SMARTS) is 1.